The monoisotopic (exact) mass is 413 g/mol. The number of hydrogen-bond acceptors (Lipinski definition) is 5. The van der Waals surface area contributed by atoms with E-state index in [1.165, 1.54) is 0 Å². The second-order valence-electron chi connectivity index (χ2n) is 7.77. The first-order valence-corrected chi connectivity index (χ1v) is 10.4. The molecule has 3 heterocycles. The van der Waals surface area contributed by atoms with Gasteiger partial charge >= 0.3 is 0 Å². The lowest BCUT2D eigenvalue weighted by molar-refractivity contribution is 0.0787. The average molecular weight is 413 g/mol. The Morgan fingerprint density at radius 1 is 1.06 bits per heavy atom. The highest BCUT2D eigenvalue weighted by Crippen LogP contribution is 2.24. The number of likely N-dealkylation sites (tertiary alicyclic amines) is 1. The lowest BCUT2D eigenvalue weighted by atomic mass is 10.1. The second kappa shape index (κ2) is 8.65. The smallest absolute Gasteiger partial charge is 0.253 e. The predicted octanol–water partition coefficient (Wildman–Crippen LogP) is 3.63. The van der Waals surface area contributed by atoms with Crippen LogP contribution in [0.4, 0.5) is 0 Å². The maximum atomic E-state index is 13.0. The molecular formula is C24H23N5O2. The van der Waals surface area contributed by atoms with Crippen molar-refractivity contribution >= 4 is 16.8 Å². The van der Waals surface area contributed by atoms with Crippen LogP contribution in [-0.2, 0) is 18.0 Å². The molecule has 2 aromatic heterocycles. The van der Waals surface area contributed by atoms with Crippen LogP contribution in [0.2, 0.25) is 0 Å². The van der Waals surface area contributed by atoms with Crippen LogP contribution in [0.5, 0.6) is 0 Å². The number of benzene rings is 2. The van der Waals surface area contributed by atoms with E-state index >= 15 is 0 Å². The largest absolute Gasteiger partial charge is 0.370 e. The fourth-order valence-electron chi connectivity index (χ4n) is 3.94. The third-order valence-electron chi connectivity index (χ3n) is 5.59. The molecule has 4 aromatic rings. The zero-order valence-corrected chi connectivity index (χ0v) is 17.1. The van der Waals surface area contributed by atoms with Gasteiger partial charge in [-0.25, -0.2) is 4.68 Å². The minimum atomic E-state index is 0.0415. The number of fused-ring (bicyclic) bond motifs is 1. The topological polar surface area (TPSA) is 73.1 Å². The van der Waals surface area contributed by atoms with Crippen molar-refractivity contribution in [2.24, 2.45) is 0 Å². The molecule has 1 aliphatic heterocycles. The molecule has 0 radical (unpaired) electrons. The number of rotatable bonds is 6. The molecule has 7 nitrogen and oxygen atoms in total. The number of pyridine rings is 1. The fraction of sp³-hybridized carbons (Fsp3) is 0.250. The van der Waals surface area contributed by atoms with Crippen LogP contribution in [0.25, 0.3) is 10.9 Å². The van der Waals surface area contributed by atoms with Gasteiger partial charge in [0.1, 0.15) is 5.69 Å². The van der Waals surface area contributed by atoms with E-state index in [9.17, 15) is 4.79 Å². The van der Waals surface area contributed by atoms with Gasteiger partial charge in [0, 0.05) is 30.2 Å². The zero-order chi connectivity index (χ0) is 21.0. The summed E-state index contributed by atoms with van der Waals surface area (Å²) in [7, 11) is 0. The third kappa shape index (κ3) is 4.32. The summed E-state index contributed by atoms with van der Waals surface area (Å²) in [6.07, 6.45) is 4.54. The average Bonchev–Trinajstić information content (AvgIpc) is 3.49. The van der Waals surface area contributed by atoms with Crippen molar-refractivity contribution in [1.29, 1.82) is 0 Å². The van der Waals surface area contributed by atoms with Crippen LogP contribution < -0.4 is 0 Å². The highest BCUT2D eigenvalue weighted by Gasteiger charge is 2.29. The molecule has 0 saturated carbocycles. The number of nitrogens with zero attached hydrogens (tertiary/aromatic N) is 5. The summed E-state index contributed by atoms with van der Waals surface area (Å²) in [5, 5.41) is 9.48. The highest BCUT2D eigenvalue weighted by atomic mass is 16.5. The first-order valence-electron chi connectivity index (χ1n) is 10.4. The van der Waals surface area contributed by atoms with Gasteiger partial charge in [-0.3, -0.25) is 9.78 Å². The number of aromatic nitrogens is 4. The molecule has 5 rings (SSSR count). The van der Waals surface area contributed by atoms with Crippen molar-refractivity contribution in [3.63, 3.8) is 0 Å². The molecule has 0 N–H and O–H groups in total. The number of carbonyl (C=O) groups is 1. The summed E-state index contributed by atoms with van der Waals surface area (Å²) >= 11 is 0. The van der Waals surface area contributed by atoms with E-state index in [1.54, 1.807) is 6.20 Å². The van der Waals surface area contributed by atoms with E-state index in [4.69, 9.17) is 4.74 Å². The van der Waals surface area contributed by atoms with Crippen molar-refractivity contribution in [2.75, 3.05) is 13.1 Å². The summed E-state index contributed by atoms with van der Waals surface area (Å²) in [6, 6.07) is 19.7. The standard InChI is InChI=1S/C24H23N5O2/c30-24(20-8-9-23-19(13-20)7-4-11-25-23)28-12-10-22(15-28)29-14-21(26-27-29)17-31-16-18-5-2-1-3-6-18/h1-9,11,13-14,22H,10,12,15-17H2. The van der Waals surface area contributed by atoms with E-state index in [2.05, 4.69) is 15.3 Å². The number of carbonyl (C=O) groups excluding carboxylic acids is 1. The molecule has 1 saturated heterocycles. The molecule has 1 atom stereocenters. The van der Waals surface area contributed by atoms with Crippen LogP contribution in [0.1, 0.15) is 34.1 Å². The molecule has 1 aliphatic rings. The fourth-order valence-corrected chi connectivity index (χ4v) is 3.94. The SMILES string of the molecule is O=C(c1ccc2ncccc2c1)N1CCC(n2cc(COCc3ccccc3)nn2)C1. The first-order chi connectivity index (χ1) is 15.3. The van der Waals surface area contributed by atoms with Crippen LogP contribution in [0, 0.1) is 0 Å². The minimum Gasteiger partial charge on any atom is -0.370 e. The van der Waals surface area contributed by atoms with Crippen LogP contribution in [-0.4, -0.2) is 43.9 Å². The highest BCUT2D eigenvalue weighted by molar-refractivity contribution is 5.98. The third-order valence-corrected chi connectivity index (χ3v) is 5.59. The lowest BCUT2D eigenvalue weighted by Gasteiger charge is -2.16. The van der Waals surface area contributed by atoms with Crippen LogP contribution >= 0.6 is 0 Å². The van der Waals surface area contributed by atoms with Gasteiger partial charge in [0.05, 0.1) is 31.0 Å². The summed E-state index contributed by atoms with van der Waals surface area (Å²) in [5.74, 6) is 0.0415. The Kier molecular flexibility index (Phi) is 5.41. The zero-order valence-electron chi connectivity index (χ0n) is 17.1. The van der Waals surface area contributed by atoms with E-state index in [0.717, 1.165) is 28.6 Å². The lowest BCUT2D eigenvalue weighted by Crippen LogP contribution is -2.29. The van der Waals surface area contributed by atoms with E-state index in [1.807, 2.05) is 76.4 Å². The van der Waals surface area contributed by atoms with Gasteiger partial charge in [-0.15, -0.1) is 5.10 Å². The number of ether oxygens (including phenoxy) is 1. The van der Waals surface area contributed by atoms with Crippen LogP contribution in [0.3, 0.4) is 0 Å². The summed E-state index contributed by atoms with van der Waals surface area (Å²) in [6.45, 7) is 2.28. The van der Waals surface area contributed by atoms with Crippen molar-refractivity contribution in [1.82, 2.24) is 24.9 Å². The summed E-state index contributed by atoms with van der Waals surface area (Å²) in [5.41, 5.74) is 3.50. The van der Waals surface area contributed by atoms with E-state index < -0.39 is 0 Å². The van der Waals surface area contributed by atoms with Gasteiger partial charge in [-0.05, 0) is 36.2 Å². The van der Waals surface area contributed by atoms with E-state index in [0.29, 0.717) is 31.9 Å². The Hall–Kier alpha value is -3.58. The molecule has 2 aromatic carbocycles. The summed E-state index contributed by atoms with van der Waals surface area (Å²) in [4.78, 5) is 19.2. The Balaban J connectivity index is 1.19. The summed E-state index contributed by atoms with van der Waals surface area (Å²) < 4.78 is 7.61. The number of amides is 1. The van der Waals surface area contributed by atoms with Gasteiger partial charge in [-0.2, -0.15) is 0 Å². The molecule has 0 bridgehead atoms. The molecular weight excluding hydrogens is 390 g/mol. The maximum Gasteiger partial charge on any atom is 0.253 e. The maximum absolute atomic E-state index is 13.0. The molecule has 1 amide bonds. The van der Waals surface area contributed by atoms with Crippen molar-refractivity contribution in [3.05, 3.63) is 89.9 Å². The van der Waals surface area contributed by atoms with Crippen LogP contribution in [0.15, 0.2) is 73.1 Å². The molecule has 1 unspecified atom stereocenters. The van der Waals surface area contributed by atoms with Gasteiger partial charge in [0.25, 0.3) is 5.91 Å². The Bertz CT molecular complexity index is 1190. The van der Waals surface area contributed by atoms with Gasteiger partial charge < -0.3 is 9.64 Å². The second-order valence-corrected chi connectivity index (χ2v) is 7.77. The molecule has 7 heteroatoms. The van der Waals surface area contributed by atoms with Gasteiger partial charge in [-0.1, -0.05) is 41.6 Å². The number of hydrogen-bond donors (Lipinski definition) is 0. The first kappa shape index (κ1) is 19.4. The van der Waals surface area contributed by atoms with Crippen molar-refractivity contribution < 1.29 is 9.53 Å². The molecule has 1 fully saturated rings. The van der Waals surface area contributed by atoms with Gasteiger partial charge in [0.2, 0.25) is 0 Å². The minimum absolute atomic E-state index is 0.0415. The Morgan fingerprint density at radius 2 is 1.97 bits per heavy atom. The van der Waals surface area contributed by atoms with Crippen molar-refractivity contribution in [3.8, 4) is 0 Å². The van der Waals surface area contributed by atoms with E-state index in [-0.39, 0.29) is 11.9 Å². The molecule has 0 spiro atoms. The Morgan fingerprint density at radius 3 is 2.87 bits per heavy atom. The Labute approximate surface area is 180 Å². The molecule has 31 heavy (non-hydrogen) atoms. The van der Waals surface area contributed by atoms with Gasteiger partial charge in [0.15, 0.2) is 0 Å². The molecule has 156 valence electrons. The predicted molar refractivity (Wildman–Crippen MR) is 116 cm³/mol. The quantitative estimate of drug-likeness (QED) is 0.483. The molecule has 0 aliphatic carbocycles. The van der Waals surface area contributed by atoms with Crippen molar-refractivity contribution in [2.45, 2.75) is 25.7 Å². The normalized spacial score (nSPS) is 16.1.